The van der Waals surface area contributed by atoms with Gasteiger partial charge < -0.3 is 10.6 Å². The zero-order chi connectivity index (χ0) is 25.8. The van der Waals surface area contributed by atoms with Crippen molar-refractivity contribution in [2.75, 3.05) is 6.54 Å². The number of amides is 1. The molecule has 0 aromatic heterocycles. The highest BCUT2D eigenvalue weighted by atomic mass is 16.2. The number of nitrogens with one attached hydrogen (secondary N) is 3. The van der Waals surface area contributed by atoms with Gasteiger partial charge in [-0.25, -0.2) is 0 Å². The van der Waals surface area contributed by atoms with Gasteiger partial charge in [0.2, 0.25) is 5.91 Å². The van der Waals surface area contributed by atoms with Crippen LogP contribution in [0.2, 0.25) is 0 Å². The van der Waals surface area contributed by atoms with E-state index in [0.29, 0.717) is 25.2 Å². The van der Waals surface area contributed by atoms with Crippen molar-refractivity contribution in [2.45, 2.75) is 83.1 Å². The highest BCUT2D eigenvalue weighted by Crippen LogP contribution is 2.29. The van der Waals surface area contributed by atoms with Gasteiger partial charge >= 0.3 is 0 Å². The Balaban J connectivity index is 1.60. The van der Waals surface area contributed by atoms with Gasteiger partial charge in [0.05, 0.1) is 11.5 Å². The Morgan fingerprint density at radius 1 is 0.944 bits per heavy atom. The van der Waals surface area contributed by atoms with Crippen LogP contribution in [0.3, 0.4) is 0 Å². The largest absolute Gasteiger partial charge is 0.358 e. The van der Waals surface area contributed by atoms with Gasteiger partial charge in [-0.3, -0.25) is 15.0 Å². The lowest BCUT2D eigenvalue weighted by molar-refractivity contribution is -0.125. The van der Waals surface area contributed by atoms with Crippen LogP contribution in [0.1, 0.15) is 88.7 Å². The number of allylic oxidation sites excluding steroid dienone is 1. The number of hydrogen-bond acceptors (Lipinski definition) is 3. The first-order chi connectivity index (χ1) is 17.5. The highest BCUT2D eigenvalue weighted by Gasteiger charge is 2.38. The molecule has 0 radical (unpaired) electrons. The number of amidine groups is 1. The van der Waals surface area contributed by atoms with Gasteiger partial charge in [-0.05, 0) is 42.9 Å². The molecular formula is C31H41N3O2. The second-order valence-electron chi connectivity index (χ2n) is 9.88. The van der Waals surface area contributed by atoms with Crippen LogP contribution in [0.25, 0.3) is 0 Å². The van der Waals surface area contributed by atoms with Crippen molar-refractivity contribution in [2.24, 2.45) is 0 Å². The van der Waals surface area contributed by atoms with E-state index in [0.717, 1.165) is 61.6 Å². The molecular weight excluding hydrogens is 446 g/mol. The topological polar surface area (TPSA) is 82.1 Å². The highest BCUT2D eigenvalue weighted by molar-refractivity contribution is 6.01. The number of hydrogen-bond donors (Lipinski definition) is 3. The normalized spacial score (nSPS) is 15.2. The van der Waals surface area contributed by atoms with Gasteiger partial charge in [0.1, 0.15) is 5.84 Å². The van der Waals surface area contributed by atoms with E-state index in [-0.39, 0.29) is 17.6 Å². The van der Waals surface area contributed by atoms with Crippen molar-refractivity contribution in [3.05, 3.63) is 83.4 Å². The summed E-state index contributed by atoms with van der Waals surface area (Å²) in [6.45, 7) is 4.80. The summed E-state index contributed by atoms with van der Waals surface area (Å²) in [6, 6.07) is 19.7. The van der Waals surface area contributed by atoms with Crippen LogP contribution in [0.4, 0.5) is 0 Å². The summed E-state index contributed by atoms with van der Waals surface area (Å²) >= 11 is 0. The third kappa shape index (κ3) is 7.39. The van der Waals surface area contributed by atoms with Gasteiger partial charge in [0, 0.05) is 13.0 Å². The van der Waals surface area contributed by atoms with Crippen LogP contribution in [0.15, 0.2) is 72.3 Å². The van der Waals surface area contributed by atoms with E-state index < -0.39 is 5.54 Å². The van der Waals surface area contributed by atoms with Crippen LogP contribution in [0, 0.1) is 5.41 Å². The molecule has 1 amide bonds. The zero-order valence-corrected chi connectivity index (χ0v) is 21.8. The van der Waals surface area contributed by atoms with Crippen molar-refractivity contribution < 1.29 is 9.59 Å². The molecule has 0 unspecified atom stereocenters. The predicted octanol–water partition coefficient (Wildman–Crippen LogP) is 6.30. The Labute approximate surface area is 216 Å². The van der Waals surface area contributed by atoms with Gasteiger partial charge in [-0.15, -0.1) is 0 Å². The molecule has 2 aromatic rings. The number of ketones is 1. The molecule has 0 spiro atoms. The second kappa shape index (κ2) is 13.8. The Kier molecular flexibility index (Phi) is 10.5. The summed E-state index contributed by atoms with van der Waals surface area (Å²) < 4.78 is 0. The lowest BCUT2D eigenvalue weighted by Crippen LogP contribution is -2.53. The number of carbonyl (C=O) groups excluding carboxylic acids is 2. The lowest BCUT2D eigenvalue weighted by atomic mass is 9.81. The van der Waals surface area contributed by atoms with E-state index in [1.165, 1.54) is 0 Å². The summed E-state index contributed by atoms with van der Waals surface area (Å²) in [5.41, 5.74) is 2.29. The first-order valence-corrected chi connectivity index (χ1v) is 13.5. The third-order valence-corrected chi connectivity index (χ3v) is 7.06. The van der Waals surface area contributed by atoms with E-state index >= 15 is 0 Å². The fraction of sp³-hybridized carbons (Fsp3) is 0.452. The summed E-state index contributed by atoms with van der Waals surface area (Å²) in [6.07, 6.45) is 9.20. The summed E-state index contributed by atoms with van der Waals surface area (Å²) in [7, 11) is 0. The van der Waals surface area contributed by atoms with Crippen molar-refractivity contribution in [1.82, 2.24) is 10.6 Å². The minimum Gasteiger partial charge on any atom is -0.358 e. The van der Waals surface area contributed by atoms with Crippen molar-refractivity contribution in [3.63, 3.8) is 0 Å². The van der Waals surface area contributed by atoms with Crippen LogP contribution < -0.4 is 10.6 Å². The van der Waals surface area contributed by atoms with Crippen molar-refractivity contribution in [1.29, 1.82) is 5.41 Å². The molecule has 5 nitrogen and oxygen atoms in total. The molecule has 1 heterocycles. The standard InChI is InChI=1S/C31H41N3O2/c1-3-5-19-31(20-6-4-2)27(35)22-24(23-28(32)34-31)14-13-21-33-30(36)29(25-15-9-7-10-16-25)26-17-11-8-12-18-26/h7-12,15-18,23,29H,3-6,13-14,19-22H2,1-2H3,(H2,32,34)(H,33,36). The molecule has 5 heteroatoms. The first-order valence-electron chi connectivity index (χ1n) is 13.5. The quantitative estimate of drug-likeness (QED) is 0.290. The molecule has 0 fully saturated rings. The van der Waals surface area contributed by atoms with Gasteiger partial charge in [0.25, 0.3) is 0 Å². The molecule has 0 atom stereocenters. The number of rotatable bonds is 13. The average molecular weight is 488 g/mol. The van der Waals surface area contributed by atoms with E-state index in [2.05, 4.69) is 24.5 Å². The molecule has 2 aromatic carbocycles. The molecule has 0 aliphatic carbocycles. The summed E-state index contributed by atoms with van der Waals surface area (Å²) in [5, 5.41) is 14.9. The van der Waals surface area contributed by atoms with E-state index in [9.17, 15) is 9.59 Å². The van der Waals surface area contributed by atoms with Gasteiger partial charge in [-0.1, -0.05) is 106 Å². The Bertz CT molecular complexity index is 983. The molecule has 1 aliphatic rings. The minimum absolute atomic E-state index is 0.0223. The maximum Gasteiger partial charge on any atom is 0.232 e. The van der Waals surface area contributed by atoms with E-state index in [4.69, 9.17) is 5.41 Å². The van der Waals surface area contributed by atoms with Crippen molar-refractivity contribution >= 4 is 17.5 Å². The lowest BCUT2D eigenvalue weighted by Gasteiger charge is -2.33. The first kappa shape index (κ1) is 27.4. The minimum atomic E-state index is -0.617. The second-order valence-corrected chi connectivity index (χ2v) is 9.88. The molecule has 3 N–H and O–H groups in total. The zero-order valence-electron chi connectivity index (χ0n) is 21.8. The fourth-order valence-electron chi connectivity index (χ4n) is 5.06. The summed E-state index contributed by atoms with van der Waals surface area (Å²) in [4.78, 5) is 26.6. The van der Waals surface area contributed by atoms with Gasteiger partial charge in [0.15, 0.2) is 5.78 Å². The number of benzene rings is 2. The molecule has 0 bridgehead atoms. The fourth-order valence-corrected chi connectivity index (χ4v) is 5.06. The van der Waals surface area contributed by atoms with Crippen LogP contribution >= 0.6 is 0 Å². The Morgan fingerprint density at radius 2 is 1.50 bits per heavy atom. The van der Waals surface area contributed by atoms with E-state index in [1.54, 1.807) is 0 Å². The molecule has 0 saturated carbocycles. The molecule has 36 heavy (non-hydrogen) atoms. The van der Waals surface area contributed by atoms with Gasteiger partial charge in [-0.2, -0.15) is 0 Å². The van der Waals surface area contributed by atoms with Crippen LogP contribution in [-0.2, 0) is 9.59 Å². The van der Waals surface area contributed by atoms with Crippen LogP contribution in [-0.4, -0.2) is 29.6 Å². The van der Waals surface area contributed by atoms with Crippen molar-refractivity contribution in [3.8, 4) is 0 Å². The SMILES string of the molecule is CCCCC1(CCCC)NC(=N)C=C(CCCNC(=O)C(c2ccccc2)c2ccccc2)CC1=O. The predicted molar refractivity (Wildman–Crippen MR) is 147 cm³/mol. The molecule has 192 valence electrons. The van der Waals surface area contributed by atoms with Crippen LogP contribution in [0.5, 0.6) is 0 Å². The summed E-state index contributed by atoms with van der Waals surface area (Å²) in [5.74, 6) is 0.155. The average Bonchev–Trinajstić information content (AvgIpc) is 3.00. The Morgan fingerprint density at radius 3 is 2.03 bits per heavy atom. The molecule has 0 saturated heterocycles. The maximum absolute atomic E-state index is 13.4. The monoisotopic (exact) mass is 487 g/mol. The number of carbonyl (C=O) groups is 2. The number of Topliss-reactive ketones (excluding diaryl/α,β-unsaturated/α-hetero) is 1. The third-order valence-electron chi connectivity index (χ3n) is 7.06. The molecule has 1 aliphatic heterocycles. The smallest absolute Gasteiger partial charge is 0.232 e. The molecule has 3 rings (SSSR count). The Hall–Kier alpha value is -3.21. The number of unbranched alkanes of at least 4 members (excludes halogenated alkanes) is 2. The maximum atomic E-state index is 13.4. The van der Waals surface area contributed by atoms with E-state index in [1.807, 2.05) is 66.7 Å².